The van der Waals surface area contributed by atoms with Crippen LogP contribution in [0.2, 0.25) is 0 Å². The monoisotopic (exact) mass is 265 g/mol. The summed E-state index contributed by atoms with van der Waals surface area (Å²) in [6.45, 7) is 3.51. The SMILES string of the molecule is CC1Cc2ccccc2CNC12CCCCC2.Cl. The lowest BCUT2D eigenvalue weighted by Gasteiger charge is -2.42. The molecule has 1 nitrogen and oxygen atoms in total. The van der Waals surface area contributed by atoms with E-state index in [1.807, 2.05) is 0 Å². The van der Waals surface area contributed by atoms with E-state index in [4.69, 9.17) is 0 Å². The maximum Gasteiger partial charge on any atom is 0.0213 e. The van der Waals surface area contributed by atoms with E-state index >= 15 is 0 Å². The van der Waals surface area contributed by atoms with Gasteiger partial charge >= 0.3 is 0 Å². The second kappa shape index (κ2) is 5.63. The molecule has 1 aliphatic heterocycles. The van der Waals surface area contributed by atoms with Crippen molar-refractivity contribution in [3.63, 3.8) is 0 Å². The van der Waals surface area contributed by atoms with Crippen LogP contribution in [0.25, 0.3) is 0 Å². The lowest BCUT2D eigenvalue weighted by atomic mass is 9.72. The van der Waals surface area contributed by atoms with Gasteiger partial charge in [0.15, 0.2) is 0 Å². The molecule has 1 aliphatic carbocycles. The molecule has 0 bridgehead atoms. The highest BCUT2D eigenvalue weighted by Crippen LogP contribution is 2.38. The highest BCUT2D eigenvalue weighted by atomic mass is 35.5. The first-order chi connectivity index (χ1) is 8.30. The molecule has 0 amide bonds. The largest absolute Gasteiger partial charge is 0.307 e. The molecule has 2 aliphatic rings. The molecule has 1 heterocycles. The maximum absolute atomic E-state index is 3.90. The van der Waals surface area contributed by atoms with Crippen molar-refractivity contribution in [1.29, 1.82) is 0 Å². The average molecular weight is 266 g/mol. The van der Waals surface area contributed by atoms with Crippen LogP contribution in [0.15, 0.2) is 24.3 Å². The molecule has 1 saturated carbocycles. The molecule has 1 fully saturated rings. The fraction of sp³-hybridized carbons (Fsp3) is 0.625. The minimum atomic E-state index is 0. The fourth-order valence-corrected chi connectivity index (χ4v) is 3.75. The smallest absolute Gasteiger partial charge is 0.0213 e. The molecular weight excluding hydrogens is 242 g/mol. The minimum absolute atomic E-state index is 0. The van der Waals surface area contributed by atoms with E-state index in [9.17, 15) is 0 Å². The molecule has 1 unspecified atom stereocenters. The predicted octanol–water partition coefficient (Wildman–Crippen LogP) is 4.09. The fourth-order valence-electron chi connectivity index (χ4n) is 3.75. The van der Waals surface area contributed by atoms with E-state index in [1.165, 1.54) is 44.1 Å². The number of hydrogen-bond donors (Lipinski definition) is 1. The van der Waals surface area contributed by atoms with E-state index in [2.05, 4.69) is 36.5 Å². The summed E-state index contributed by atoms with van der Waals surface area (Å²) in [6.07, 6.45) is 8.26. The zero-order valence-corrected chi connectivity index (χ0v) is 12.1. The summed E-state index contributed by atoms with van der Waals surface area (Å²) in [6, 6.07) is 8.96. The molecule has 0 saturated heterocycles. The van der Waals surface area contributed by atoms with Gasteiger partial charge in [0.05, 0.1) is 0 Å². The first kappa shape index (κ1) is 13.9. The number of halogens is 1. The molecule has 1 spiro atoms. The van der Waals surface area contributed by atoms with Crippen LogP contribution in [-0.4, -0.2) is 5.54 Å². The van der Waals surface area contributed by atoms with Gasteiger partial charge in [-0.25, -0.2) is 0 Å². The summed E-state index contributed by atoms with van der Waals surface area (Å²) >= 11 is 0. The molecule has 3 rings (SSSR count). The summed E-state index contributed by atoms with van der Waals surface area (Å²) in [7, 11) is 0. The first-order valence-electron chi connectivity index (χ1n) is 7.12. The molecular formula is C16H24ClN. The highest BCUT2D eigenvalue weighted by molar-refractivity contribution is 5.85. The van der Waals surface area contributed by atoms with E-state index in [1.54, 1.807) is 5.56 Å². The topological polar surface area (TPSA) is 12.0 Å². The second-order valence-electron chi connectivity index (χ2n) is 5.94. The van der Waals surface area contributed by atoms with Gasteiger partial charge in [0, 0.05) is 12.1 Å². The average Bonchev–Trinajstić information content (AvgIpc) is 2.50. The van der Waals surface area contributed by atoms with E-state index in [0.29, 0.717) is 5.54 Å². The molecule has 100 valence electrons. The van der Waals surface area contributed by atoms with Crippen LogP contribution in [0, 0.1) is 5.92 Å². The van der Waals surface area contributed by atoms with Crippen molar-refractivity contribution in [2.45, 2.75) is 57.5 Å². The van der Waals surface area contributed by atoms with Gasteiger partial charge in [0.2, 0.25) is 0 Å². The Morgan fingerprint density at radius 2 is 1.72 bits per heavy atom. The minimum Gasteiger partial charge on any atom is -0.307 e. The van der Waals surface area contributed by atoms with Gasteiger partial charge in [-0.15, -0.1) is 12.4 Å². The molecule has 0 aromatic heterocycles. The summed E-state index contributed by atoms with van der Waals surface area (Å²) in [5, 5.41) is 3.90. The van der Waals surface area contributed by atoms with Gasteiger partial charge in [-0.1, -0.05) is 50.5 Å². The van der Waals surface area contributed by atoms with Gasteiger partial charge in [0.1, 0.15) is 0 Å². The lowest BCUT2D eigenvalue weighted by molar-refractivity contribution is 0.158. The lowest BCUT2D eigenvalue weighted by Crippen LogP contribution is -2.50. The number of benzene rings is 1. The van der Waals surface area contributed by atoms with Crippen molar-refractivity contribution >= 4 is 12.4 Å². The van der Waals surface area contributed by atoms with Crippen LogP contribution in [0.5, 0.6) is 0 Å². The normalized spacial score (nSPS) is 25.9. The Balaban J connectivity index is 0.00000120. The van der Waals surface area contributed by atoms with E-state index < -0.39 is 0 Å². The van der Waals surface area contributed by atoms with Crippen molar-refractivity contribution in [3.05, 3.63) is 35.4 Å². The maximum atomic E-state index is 3.90. The Kier molecular flexibility index (Phi) is 4.34. The molecule has 0 radical (unpaired) electrons. The van der Waals surface area contributed by atoms with Crippen molar-refractivity contribution in [1.82, 2.24) is 5.32 Å². The Bertz CT molecular complexity index is 396. The number of nitrogens with one attached hydrogen (secondary N) is 1. The van der Waals surface area contributed by atoms with Crippen LogP contribution in [0.4, 0.5) is 0 Å². The van der Waals surface area contributed by atoms with Crippen LogP contribution < -0.4 is 5.32 Å². The Morgan fingerprint density at radius 1 is 1.06 bits per heavy atom. The van der Waals surface area contributed by atoms with Gasteiger partial charge in [-0.3, -0.25) is 0 Å². The standard InChI is InChI=1S/C16H23N.ClH/c1-13-11-14-7-3-4-8-15(14)12-17-16(13)9-5-2-6-10-16;/h3-4,7-8,13,17H,2,5-6,9-12H2,1H3;1H. The van der Waals surface area contributed by atoms with Crippen molar-refractivity contribution in [3.8, 4) is 0 Å². The predicted molar refractivity (Wildman–Crippen MR) is 79.2 cm³/mol. The third-order valence-corrected chi connectivity index (χ3v) is 4.96. The summed E-state index contributed by atoms with van der Waals surface area (Å²) in [5.74, 6) is 0.770. The molecule has 1 aromatic rings. The third kappa shape index (κ3) is 2.44. The zero-order valence-electron chi connectivity index (χ0n) is 11.2. The summed E-state index contributed by atoms with van der Waals surface area (Å²) < 4.78 is 0. The number of fused-ring (bicyclic) bond motifs is 1. The second-order valence-corrected chi connectivity index (χ2v) is 5.94. The van der Waals surface area contributed by atoms with Gasteiger partial charge in [0.25, 0.3) is 0 Å². The van der Waals surface area contributed by atoms with Crippen LogP contribution >= 0.6 is 12.4 Å². The third-order valence-electron chi connectivity index (χ3n) is 4.96. The molecule has 1 atom stereocenters. The Hall–Kier alpha value is -0.530. The zero-order chi connectivity index (χ0) is 11.7. The quantitative estimate of drug-likeness (QED) is 0.745. The number of rotatable bonds is 0. The van der Waals surface area contributed by atoms with Gasteiger partial charge in [-0.05, 0) is 36.3 Å². The van der Waals surface area contributed by atoms with E-state index in [-0.39, 0.29) is 12.4 Å². The van der Waals surface area contributed by atoms with Crippen molar-refractivity contribution in [2.24, 2.45) is 5.92 Å². The number of hydrogen-bond acceptors (Lipinski definition) is 1. The van der Waals surface area contributed by atoms with Crippen LogP contribution in [-0.2, 0) is 13.0 Å². The summed E-state index contributed by atoms with van der Waals surface area (Å²) in [4.78, 5) is 0. The Morgan fingerprint density at radius 3 is 2.44 bits per heavy atom. The molecule has 18 heavy (non-hydrogen) atoms. The van der Waals surface area contributed by atoms with Crippen LogP contribution in [0.1, 0.15) is 50.2 Å². The van der Waals surface area contributed by atoms with Gasteiger partial charge in [-0.2, -0.15) is 0 Å². The van der Waals surface area contributed by atoms with E-state index in [0.717, 1.165) is 12.5 Å². The van der Waals surface area contributed by atoms with Crippen molar-refractivity contribution < 1.29 is 0 Å². The first-order valence-corrected chi connectivity index (χ1v) is 7.12. The highest BCUT2D eigenvalue weighted by Gasteiger charge is 2.38. The van der Waals surface area contributed by atoms with Gasteiger partial charge < -0.3 is 5.32 Å². The molecule has 2 heteroatoms. The van der Waals surface area contributed by atoms with Crippen molar-refractivity contribution in [2.75, 3.05) is 0 Å². The van der Waals surface area contributed by atoms with Crippen LogP contribution in [0.3, 0.4) is 0 Å². The molecule has 1 N–H and O–H groups in total. The summed E-state index contributed by atoms with van der Waals surface area (Å²) in [5.41, 5.74) is 3.51. The Labute approximate surface area is 117 Å². The molecule has 1 aromatic carbocycles.